The summed E-state index contributed by atoms with van der Waals surface area (Å²) in [6.07, 6.45) is -0.517. The minimum absolute atomic E-state index is 0.517. The Bertz CT molecular complexity index is 135. The highest BCUT2D eigenvalue weighted by atomic mass is 31.2. The molecule has 0 rings (SSSR count). The molecule has 0 fully saturated rings. The molecule has 6 heteroatoms. The highest BCUT2D eigenvalue weighted by molar-refractivity contribution is 7.50. The molecule has 56 valence electrons. The lowest BCUT2D eigenvalue weighted by molar-refractivity contribution is -0.347. The van der Waals surface area contributed by atoms with E-state index in [9.17, 15) is 14.4 Å². The van der Waals surface area contributed by atoms with Crippen LogP contribution in [0.15, 0.2) is 0 Å². The molecule has 0 aliphatic carbocycles. The molecule has 0 saturated carbocycles. The summed E-state index contributed by atoms with van der Waals surface area (Å²) in [5, 5.41) is 16.7. The van der Waals surface area contributed by atoms with Crippen molar-refractivity contribution >= 4 is 7.60 Å². The first kappa shape index (κ1) is 9.07. The van der Waals surface area contributed by atoms with Gasteiger partial charge in [0.2, 0.25) is 0 Å². The smallest absolute Gasteiger partial charge is 0.189 e. The topological polar surface area (TPSA) is 104 Å². The molecular weight excluding hydrogens is 147 g/mol. The predicted octanol–water partition coefficient (Wildman–Crippen LogP) is -2.05. The molecule has 9 heavy (non-hydrogen) atoms. The summed E-state index contributed by atoms with van der Waals surface area (Å²) in [5.74, 6) is 0. The second-order valence-electron chi connectivity index (χ2n) is 1.63. The molecule has 0 atom stereocenters. The van der Waals surface area contributed by atoms with E-state index >= 15 is 0 Å². The fraction of sp³-hybridized carbons (Fsp3) is 1.00. The summed E-state index contributed by atoms with van der Waals surface area (Å²) >= 11 is 0. The molecule has 2 N–H and O–H groups in total. The highest BCUT2D eigenvalue weighted by Gasteiger charge is 2.24. The standard InChI is InChI=1S/C3H9O5P/c1-2-3(4,5)9(6,7)8/h4-5H,2H2,1H3,(H2,6,7,8)/p-2. The summed E-state index contributed by atoms with van der Waals surface area (Å²) in [6.45, 7) is 1.18. The van der Waals surface area contributed by atoms with Gasteiger partial charge in [0.15, 0.2) is 5.53 Å². The van der Waals surface area contributed by atoms with E-state index in [1.807, 2.05) is 0 Å². The van der Waals surface area contributed by atoms with Gasteiger partial charge in [-0.2, -0.15) is 0 Å². The third kappa shape index (κ3) is 2.04. The largest absolute Gasteiger partial charge is 0.807 e. The molecule has 0 aliphatic heterocycles. The molecule has 0 unspecified atom stereocenters. The molecule has 0 amide bonds. The molecule has 0 aromatic heterocycles. The van der Waals surface area contributed by atoms with E-state index in [0.717, 1.165) is 0 Å². The van der Waals surface area contributed by atoms with Gasteiger partial charge in [-0.05, 0) is 7.60 Å². The van der Waals surface area contributed by atoms with Crippen molar-refractivity contribution in [2.24, 2.45) is 0 Å². The summed E-state index contributed by atoms with van der Waals surface area (Å²) in [6, 6.07) is 0. The van der Waals surface area contributed by atoms with Crippen molar-refractivity contribution in [3.05, 3.63) is 0 Å². The van der Waals surface area contributed by atoms with Gasteiger partial charge >= 0.3 is 0 Å². The minimum Gasteiger partial charge on any atom is -0.807 e. The molecule has 0 bridgehead atoms. The lowest BCUT2D eigenvalue weighted by Crippen LogP contribution is -2.38. The number of rotatable bonds is 2. The molecule has 0 aromatic rings. The van der Waals surface area contributed by atoms with E-state index in [1.54, 1.807) is 0 Å². The van der Waals surface area contributed by atoms with Crippen molar-refractivity contribution < 1.29 is 24.6 Å². The van der Waals surface area contributed by atoms with Crippen molar-refractivity contribution in [1.82, 2.24) is 0 Å². The van der Waals surface area contributed by atoms with Crippen molar-refractivity contribution in [2.75, 3.05) is 0 Å². The summed E-state index contributed by atoms with van der Waals surface area (Å²) in [5.41, 5.74) is -3.08. The number of hydrogen-bond donors (Lipinski definition) is 2. The van der Waals surface area contributed by atoms with Gasteiger partial charge in [-0.3, -0.25) is 0 Å². The van der Waals surface area contributed by atoms with Crippen LogP contribution in [-0.4, -0.2) is 15.7 Å². The molecule has 0 aromatic carbocycles. The van der Waals surface area contributed by atoms with E-state index in [1.165, 1.54) is 6.92 Å². The SMILES string of the molecule is CCC(O)(O)P(=O)([O-])[O-]. The number of aliphatic hydroxyl groups is 2. The van der Waals surface area contributed by atoms with Crippen LogP contribution < -0.4 is 9.79 Å². The van der Waals surface area contributed by atoms with Crippen LogP contribution in [0.1, 0.15) is 13.3 Å². The molecular formula is C3H7O5P-2. The Morgan fingerprint density at radius 1 is 1.56 bits per heavy atom. The normalized spacial score (nSPS) is 13.9. The second-order valence-corrected chi connectivity index (χ2v) is 3.34. The maximum Gasteiger partial charge on any atom is 0.189 e. The van der Waals surface area contributed by atoms with Crippen LogP contribution in [0.2, 0.25) is 0 Å². The van der Waals surface area contributed by atoms with Crippen LogP contribution in [0.4, 0.5) is 0 Å². The Kier molecular flexibility index (Phi) is 2.38. The second kappa shape index (κ2) is 2.36. The average Bonchev–Trinajstić information content (AvgIpc) is 1.64. The zero-order valence-corrected chi connectivity index (χ0v) is 5.67. The van der Waals surface area contributed by atoms with Crippen molar-refractivity contribution in [2.45, 2.75) is 18.9 Å². The zero-order valence-electron chi connectivity index (χ0n) is 4.77. The molecule has 0 heterocycles. The quantitative estimate of drug-likeness (QED) is 0.352. The van der Waals surface area contributed by atoms with Crippen molar-refractivity contribution in [1.29, 1.82) is 0 Å². The summed E-state index contributed by atoms with van der Waals surface area (Å²) < 4.78 is 9.86. The number of hydrogen-bond acceptors (Lipinski definition) is 5. The van der Waals surface area contributed by atoms with E-state index in [4.69, 9.17) is 10.2 Å². The molecule has 5 nitrogen and oxygen atoms in total. The first-order valence-electron chi connectivity index (χ1n) is 2.28. The monoisotopic (exact) mass is 154 g/mol. The third-order valence-corrected chi connectivity index (χ3v) is 2.11. The Morgan fingerprint density at radius 3 is 1.89 bits per heavy atom. The van der Waals surface area contributed by atoms with E-state index in [0.29, 0.717) is 0 Å². The van der Waals surface area contributed by atoms with Gasteiger partial charge in [0.25, 0.3) is 0 Å². The van der Waals surface area contributed by atoms with Gasteiger partial charge in [-0.15, -0.1) is 0 Å². The Labute approximate surface area is 52.1 Å². The highest BCUT2D eigenvalue weighted by Crippen LogP contribution is 2.39. The Morgan fingerprint density at radius 2 is 1.89 bits per heavy atom. The first-order chi connectivity index (χ1) is 3.81. The van der Waals surface area contributed by atoms with Gasteiger partial charge in [-0.25, -0.2) is 0 Å². The van der Waals surface area contributed by atoms with E-state index in [-0.39, 0.29) is 0 Å². The maximum atomic E-state index is 9.86. The van der Waals surface area contributed by atoms with E-state index in [2.05, 4.69) is 0 Å². The van der Waals surface area contributed by atoms with Crippen LogP contribution >= 0.6 is 7.60 Å². The molecule has 0 saturated heterocycles. The molecule has 0 spiro atoms. The van der Waals surface area contributed by atoms with Crippen LogP contribution in [0.3, 0.4) is 0 Å². The third-order valence-electron chi connectivity index (χ3n) is 0.913. The lowest BCUT2D eigenvalue weighted by atomic mass is 10.5. The lowest BCUT2D eigenvalue weighted by Gasteiger charge is -2.40. The first-order valence-corrected chi connectivity index (χ1v) is 3.82. The van der Waals surface area contributed by atoms with Crippen LogP contribution in [-0.2, 0) is 4.57 Å². The Balaban J connectivity index is 4.34. The fourth-order valence-corrected chi connectivity index (χ4v) is 0.581. The summed E-state index contributed by atoms with van der Waals surface area (Å²) in [4.78, 5) is 19.7. The fourth-order valence-electron chi connectivity index (χ4n) is 0.194. The van der Waals surface area contributed by atoms with Crippen LogP contribution in [0.5, 0.6) is 0 Å². The van der Waals surface area contributed by atoms with Crippen molar-refractivity contribution in [3.63, 3.8) is 0 Å². The van der Waals surface area contributed by atoms with Gasteiger partial charge < -0.3 is 24.6 Å². The van der Waals surface area contributed by atoms with Gasteiger partial charge in [-0.1, -0.05) is 6.92 Å². The predicted molar refractivity (Wildman–Crippen MR) is 25.1 cm³/mol. The van der Waals surface area contributed by atoms with Gasteiger partial charge in [0.1, 0.15) is 0 Å². The van der Waals surface area contributed by atoms with Crippen LogP contribution in [0.25, 0.3) is 0 Å². The van der Waals surface area contributed by atoms with Gasteiger partial charge in [0, 0.05) is 6.42 Å². The average molecular weight is 154 g/mol. The maximum absolute atomic E-state index is 9.86. The van der Waals surface area contributed by atoms with Crippen LogP contribution in [0, 0.1) is 0 Å². The zero-order chi connectivity index (χ0) is 7.71. The minimum atomic E-state index is -5.26. The summed E-state index contributed by atoms with van der Waals surface area (Å²) in [7, 11) is -5.26. The molecule has 0 aliphatic rings. The van der Waals surface area contributed by atoms with Crippen molar-refractivity contribution in [3.8, 4) is 0 Å². The van der Waals surface area contributed by atoms with Gasteiger partial charge in [0.05, 0.1) is 0 Å². The van der Waals surface area contributed by atoms with E-state index < -0.39 is 19.5 Å². The Hall–Kier alpha value is 0.0700. The molecule has 0 radical (unpaired) electrons.